The van der Waals surface area contributed by atoms with Crippen molar-refractivity contribution < 1.29 is 0 Å². The molecule has 3 fully saturated rings. The van der Waals surface area contributed by atoms with Crippen LogP contribution < -0.4 is 5.73 Å². The first-order valence-electron chi connectivity index (χ1n) is 9.36. The van der Waals surface area contributed by atoms with Crippen molar-refractivity contribution in [2.75, 3.05) is 0 Å². The summed E-state index contributed by atoms with van der Waals surface area (Å²) in [6, 6.07) is 0.266. The highest BCUT2D eigenvalue weighted by atomic mass is 14.6. The van der Waals surface area contributed by atoms with Gasteiger partial charge in [0.25, 0.3) is 0 Å². The molecule has 1 heteroatoms. The Morgan fingerprint density at radius 2 is 2.00 bits per heavy atom. The summed E-state index contributed by atoms with van der Waals surface area (Å²) >= 11 is 0. The van der Waals surface area contributed by atoms with Crippen molar-refractivity contribution in [3.8, 4) is 0 Å². The molecule has 0 saturated heterocycles. The van der Waals surface area contributed by atoms with E-state index in [1.807, 2.05) is 0 Å². The molecule has 22 heavy (non-hydrogen) atoms. The highest BCUT2D eigenvalue weighted by molar-refractivity contribution is 5.38. The van der Waals surface area contributed by atoms with Crippen LogP contribution in [0.1, 0.15) is 51.9 Å². The lowest BCUT2D eigenvalue weighted by molar-refractivity contribution is 0.00922. The van der Waals surface area contributed by atoms with E-state index in [1.54, 1.807) is 0 Å². The fourth-order valence-corrected chi connectivity index (χ4v) is 6.75. The fourth-order valence-electron chi connectivity index (χ4n) is 6.75. The molecule has 0 aromatic heterocycles. The summed E-state index contributed by atoms with van der Waals surface area (Å²) in [6.45, 7) is 11.2. The second-order valence-electron chi connectivity index (χ2n) is 8.55. The van der Waals surface area contributed by atoms with Crippen LogP contribution >= 0.6 is 0 Å². The lowest BCUT2D eigenvalue weighted by atomic mass is 9.50. The standard InChI is InChI=1S/C21H31N/c1-4-21-10-9-17-16-7-6-15(22)12-18(16)13(2)11-19(17)20(21)8-5-14(21)3/h4,12,14-17,19-20H,1-2,5-11,22H2,3H3. The summed E-state index contributed by atoms with van der Waals surface area (Å²) in [4.78, 5) is 0. The molecule has 4 aliphatic carbocycles. The molecule has 3 saturated carbocycles. The average Bonchev–Trinajstić information content (AvgIpc) is 2.85. The number of fused-ring (bicyclic) bond motifs is 5. The molecular weight excluding hydrogens is 266 g/mol. The maximum absolute atomic E-state index is 6.19. The Hall–Kier alpha value is -0.820. The Kier molecular flexibility index (Phi) is 3.41. The average molecular weight is 297 g/mol. The topological polar surface area (TPSA) is 26.0 Å². The van der Waals surface area contributed by atoms with E-state index >= 15 is 0 Å². The van der Waals surface area contributed by atoms with Gasteiger partial charge in [-0.05, 0) is 85.5 Å². The van der Waals surface area contributed by atoms with Gasteiger partial charge in [0.1, 0.15) is 0 Å². The second kappa shape index (κ2) is 5.09. The Bertz CT molecular complexity index is 530. The molecule has 0 aromatic rings. The van der Waals surface area contributed by atoms with E-state index in [9.17, 15) is 0 Å². The van der Waals surface area contributed by atoms with Crippen LogP contribution in [0, 0.1) is 35.0 Å². The SMILES string of the molecule is C=CC12CCC3C4CCC(N)C=C4C(=C)CC3C1CCC2C. The van der Waals surface area contributed by atoms with E-state index < -0.39 is 0 Å². The van der Waals surface area contributed by atoms with E-state index in [-0.39, 0.29) is 6.04 Å². The first kappa shape index (κ1) is 14.8. The first-order chi connectivity index (χ1) is 10.6. The number of allylic oxidation sites excluding steroid dienone is 3. The lowest BCUT2D eigenvalue weighted by Crippen LogP contribution is -2.47. The molecule has 0 spiro atoms. The second-order valence-corrected chi connectivity index (χ2v) is 8.55. The molecule has 7 unspecified atom stereocenters. The summed E-state index contributed by atoms with van der Waals surface area (Å²) in [5, 5.41) is 0. The van der Waals surface area contributed by atoms with Crippen molar-refractivity contribution in [1.82, 2.24) is 0 Å². The molecule has 2 N–H and O–H groups in total. The molecule has 0 aromatic carbocycles. The molecule has 1 nitrogen and oxygen atoms in total. The minimum atomic E-state index is 0.266. The Morgan fingerprint density at radius 1 is 1.18 bits per heavy atom. The van der Waals surface area contributed by atoms with Crippen LogP contribution in [0.3, 0.4) is 0 Å². The molecule has 4 aliphatic rings. The van der Waals surface area contributed by atoms with Crippen molar-refractivity contribution >= 4 is 0 Å². The molecule has 0 amide bonds. The molecule has 120 valence electrons. The maximum atomic E-state index is 6.19. The third-order valence-electron chi connectivity index (χ3n) is 7.89. The zero-order chi connectivity index (χ0) is 15.5. The molecule has 4 rings (SSSR count). The Balaban J connectivity index is 1.69. The van der Waals surface area contributed by atoms with Gasteiger partial charge in [-0.2, -0.15) is 0 Å². The van der Waals surface area contributed by atoms with Crippen LogP contribution in [0.25, 0.3) is 0 Å². The highest BCUT2D eigenvalue weighted by Crippen LogP contribution is 2.64. The van der Waals surface area contributed by atoms with Crippen LogP contribution in [-0.2, 0) is 0 Å². The van der Waals surface area contributed by atoms with Crippen LogP contribution in [-0.4, -0.2) is 6.04 Å². The minimum Gasteiger partial charge on any atom is -0.324 e. The fraction of sp³-hybridized carbons (Fsp3) is 0.714. The monoisotopic (exact) mass is 297 g/mol. The van der Waals surface area contributed by atoms with Crippen molar-refractivity contribution in [1.29, 1.82) is 0 Å². The quantitative estimate of drug-likeness (QED) is 0.688. The molecular formula is C21H31N. The largest absolute Gasteiger partial charge is 0.324 e. The summed E-state index contributed by atoms with van der Waals surface area (Å²) in [7, 11) is 0. The summed E-state index contributed by atoms with van der Waals surface area (Å²) in [6.07, 6.45) is 13.9. The summed E-state index contributed by atoms with van der Waals surface area (Å²) in [5.41, 5.74) is 9.55. The number of rotatable bonds is 1. The van der Waals surface area contributed by atoms with Gasteiger partial charge < -0.3 is 5.73 Å². The molecule has 0 bridgehead atoms. The van der Waals surface area contributed by atoms with E-state index in [1.165, 1.54) is 56.1 Å². The number of nitrogens with two attached hydrogens (primary N) is 1. The highest BCUT2D eigenvalue weighted by Gasteiger charge is 2.56. The zero-order valence-electron chi connectivity index (χ0n) is 14.1. The number of hydrogen-bond acceptors (Lipinski definition) is 1. The van der Waals surface area contributed by atoms with Gasteiger partial charge in [-0.25, -0.2) is 0 Å². The zero-order valence-corrected chi connectivity index (χ0v) is 14.1. The molecule has 0 aliphatic heterocycles. The normalized spacial score (nSPS) is 50.6. The summed E-state index contributed by atoms with van der Waals surface area (Å²) < 4.78 is 0. The molecule has 7 atom stereocenters. The molecule has 0 radical (unpaired) electrons. The van der Waals surface area contributed by atoms with Gasteiger partial charge >= 0.3 is 0 Å². The predicted octanol–water partition coefficient (Wildman–Crippen LogP) is 4.85. The maximum Gasteiger partial charge on any atom is 0.0229 e. The Morgan fingerprint density at radius 3 is 2.77 bits per heavy atom. The third kappa shape index (κ3) is 1.87. The first-order valence-corrected chi connectivity index (χ1v) is 9.36. The minimum absolute atomic E-state index is 0.266. The van der Waals surface area contributed by atoms with E-state index in [2.05, 4.69) is 32.2 Å². The van der Waals surface area contributed by atoms with Crippen LogP contribution in [0.2, 0.25) is 0 Å². The van der Waals surface area contributed by atoms with Gasteiger partial charge in [-0.3, -0.25) is 0 Å². The third-order valence-corrected chi connectivity index (χ3v) is 7.89. The van der Waals surface area contributed by atoms with Gasteiger partial charge in [0.2, 0.25) is 0 Å². The summed E-state index contributed by atoms with van der Waals surface area (Å²) in [5.74, 6) is 4.16. The van der Waals surface area contributed by atoms with Crippen LogP contribution in [0.5, 0.6) is 0 Å². The van der Waals surface area contributed by atoms with Gasteiger partial charge in [0.15, 0.2) is 0 Å². The number of hydrogen-bond donors (Lipinski definition) is 1. The van der Waals surface area contributed by atoms with Crippen molar-refractivity contribution in [2.24, 2.45) is 40.7 Å². The van der Waals surface area contributed by atoms with Gasteiger partial charge in [-0.15, -0.1) is 6.58 Å². The van der Waals surface area contributed by atoms with Crippen LogP contribution in [0.4, 0.5) is 0 Å². The van der Waals surface area contributed by atoms with E-state index in [0.717, 1.165) is 29.6 Å². The smallest absolute Gasteiger partial charge is 0.0229 e. The Labute approximate surface area is 135 Å². The van der Waals surface area contributed by atoms with Gasteiger partial charge in [0.05, 0.1) is 0 Å². The van der Waals surface area contributed by atoms with Gasteiger partial charge in [-0.1, -0.05) is 31.2 Å². The van der Waals surface area contributed by atoms with Crippen molar-refractivity contribution in [2.45, 2.75) is 57.9 Å². The van der Waals surface area contributed by atoms with E-state index in [4.69, 9.17) is 5.73 Å². The predicted molar refractivity (Wildman–Crippen MR) is 93.3 cm³/mol. The molecule has 0 heterocycles. The van der Waals surface area contributed by atoms with Crippen molar-refractivity contribution in [3.63, 3.8) is 0 Å². The van der Waals surface area contributed by atoms with Crippen molar-refractivity contribution in [3.05, 3.63) is 36.5 Å². The van der Waals surface area contributed by atoms with Crippen LogP contribution in [0.15, 0.2) is 36.5 Å². The van der Waals surface area contributed by atoms with Gasteiger partial charge in [0, 0.05) is 6.04 Å². The lowest BCUT2D eigenvalue weighted by Gasteiger charge is -2.54. The van der Waals surface area contributed by atoms with E-state index in [0.29, 0.717) is 5.41 Å².